The van der Waals surface area contributed by atoms with Crippen molar-refractivity contribution in [3.8, 4) is 0 Å². The second kappa shape index (κ2) is 6.45. The third kappa shape index (κ3) is 4.20. The second-order valence-corrected chi connectivity index (χ2v) is 10.6. The van der Waals surface area contributed by atoms with E-state index in [0.717, 1.165) is 0 Å². The van der Waals surface area contributed by atoms with E-state index in [4.69, 9.17) is 0 Å². The van der Waals surface area contributed by atoms with E-state index in [9.17, 15) is 21.6 Å². The molecule has 0 bridgehead atoms. The highest BCUT2D eigenvalue weighted by molar-refractivity contribution is 7.91. The number of likely N-dealkylation sites (N-methyl/N-ethyl adjacent to an activating group) is 2. The smallest absolute Gasteiger partial charge is 0.236 e. The molecule has 2 aliphatic rings. The molecule has 2 atom stereocenters. The highest BCUT2D eigenvalue weighted by Gasteiger charge is 2.35. The predicted octanol–water partition coefficient (Wildman–Crippen LogP) is -0.859. The van der Waals surface area contributed by atoms with Crippen LogP contribution in [0.15, 0.2) is 0 Å². The first kappa shape index (κ1) is 17.7. The summed E-state index contributed by atoms with van der Waals surface area (Å²) < 4.78 is 46.2. The highest BCUT2D eigenvalue weighted by Crippen LogP contribution is 2.19. The van der Waals surface area contributed by atoms with Crippen LogP contribution in [0.2, 0.25) is 0 Å². The van der Waals surface area contributed by atoms with E-state index >= 15 is 0 Å². The molecule has 2 fully saturated rings. The number of hydrogen-bond donors (Lipinski definition) is 0. The monoisotopic (exact) mass is 352 g/mol. The van der Waals surface area contributed by atoms with Gasteiger partial charge >= 0.3 is 0 Å². The minimum Gasteiger partial charge on any atom is -0.341 e. The molecule has 2 saturated heterocycles. The van der Waals surface area contributed by atoms with E-state index in [2.05, 4.69) is 0 Å². The first-order valence-electron chi connectivity index (χ1n) is 7.54. The molecule has 0 aromatic carbocycles. The molecule has 128 valence electrons. The van der Waals surface area contributed by atoms with Gasteiger partial charge in [-0.3, -0.25) is 9.69 Å². The van der Waals surface area contributed by atoms with Gasteiger partial charge in [0.05, 0.1) is 29.6 Å². The number of hydrogen-bond acceptors (Lipinski definition) is 6. The summed E-state index contributed by atoms with van der Waals surface area (Å²) in [6.07, 6.45) is 1.04. The van der Waals surface area contributed by atoms with Gasteiger partial charge in [-0.05, 0) is 19.4 Å². The normalized spacial score (nSPS) is 29.8. The van der Waals surface area contributed by atoms with E-state index in [0.29, 0.717) is 19.4 Å². The fraction of sp³-hybridized carbons (Fsp3) is 0.923. The Balaban J connectivity index is 1.95. The molecule has 2 heterocycles. The van der Waals surface area contributed by atoms with Crippen molar-refractivity contribution < 1.29 is 21.6 Å². The molecule has 0 aromatic heterocycles. The van der Waals surface area contributed by atoms with Crippen molar-refractivity contribution in [1.82, 2.24) is 9.80 Å². The van der Waals surface area contributed by atoms with Gasteiger partial charge in [0.25, 0.3) is 0 Å². The van der Waals surface area contributed by atoms with Gasteiger partial charge in [-0.15, -0.1) is 0 Å². The zero-order chi connectivity index (χ0) is 16.5. The first-order valence-corrected chi connectivity index (χ1v) is 11.2. The molecule has 0 aliphatic carbocycles. The van der Waals surface area contributed by atoms with Crippen LogP contribution in [0, 0.1) is 0 Å². The van der Waals surface area contributed by atoms with Crippen LogP contribution in [0.4, 0.5) is 0 Å². The molecule has 9 heteroatoms. The Kier molecular flexibility index (Phi) is 5.18. The van der Waals surface area contributed by atoms with Crippen molar-refractivity contribution in [2.45, 2.75) is 31.8 Å². The van der Waals surface area contributed by atoms with Gasteiger partial charge in [-0.1, -0.05) is 6.92 Å². The van der Waals surface area contributed by atoms with Crippen LogP contribution in [0.1, 0.15) is 19.8 Å². The number of carbonyl (C=O) groups excluding carboxylic acids is 1. The standard InChI is InChI=1S/C13H24N2O5S2/c1-3-15(12-5-7-22(19,20)10-12)8-13(16)14(2)11-4-6-21(17,18)9-11/h11-12H,3-10H2,1-2H3. The third-order valence-electron chi connectivity index (χ3n) is 4.62. The molecule has 0 aromatic rings. The van der Waals surface area contributed by atoms with Gasteiger partial charge in [0.2, 0.25) is 5.91 Å². The third-order valence-corrected chi connectivity index (χ3v) is 8.12. The van der Waals surface area contributed by atoms with Crippen molar-refractivity contribution in [2.75, 3.05) is 43.1 Å². The Morgan fingerprint density at radius 2 is 1.50 bits per heavy atom. The largest absolute Gasteiger partial charge is 0.341 e. The maximum atomic E-state index is 12.4. The Hall–Kier alpha value is -0.670. The zero-order valence-corrected chi connectivity index (χ0v) is 14.7. The highest BCUT2D eigenvalue weighted by atomic mass is 32.2. The Morgan fingerprint density at radius 3 is 1.91 bits per heavy atom. The van der Waals surface area contributed by atoms with Crippen LogP contribution in [0.3, 0.4) is 0 Å². The van der Waals surface area contributed by atoms with E-state index < -0.39 is 19.7 Å². The summed E-state index contributed by atoms with van der Waals surface area (Å²) in [4.78, 5) is 15.8. The lowest BCUT2D eigenvalue weighted by Gasteiger charge is -2.30. The number of carbonyl (C=O) groups is 1. The van der Waals surface area contributed by atoms with Crippen molar-refractivity contribution in [3.63, 3.8) is 0 Å². The predicted molar refractivity (Wildman–Crippen MR) is 84.1 cm³/mol. The van der Waals surface area contributed by atoms with Gasteiger partial charge in [0, 0.05) is 19.1 Å². The summed E-state index contributed by atoms with van der Waals surface area (Å²) in [7, 11) is -4.38. The molecule has 1 amide bonds. The van der Waals surface area contributed by atoms with Crippen molar-refractivity contribution in [1.29, 1.82) is 0 Å². The first-order chi connectivity index (χ1) is 10.1. The average Bonchev–Trinajstić information content (AvgIpc) is 2.97. The molecular formula is C13H24N2O5S2. The van der Waals surface area contributed by atoms with E-state index in [1.165, 1.54) is 4.90 Å². The average molecular weight is 352 g/mol. The zero-order valence-electron chi connectivity index (χ0n) is 13.1. The molecule has 2 aliphatic heterocycles. The summed E-state index contributed by atoms with van der Waals surface area (Å²) in [6, 6.07) is -0.372. The molecule has 0 spiro atoms. The fourth-order valence-electron chi connectivity index (χ4n) is 3.13. The summed E-state index contributed by atoms with van der Waals surface area (Å²) in [5.74, 6) is 0.301. The lowest BCUT2D eigenvalue weighted by Crippen LogP contribution is -2.47. The summed E-state index contributed by atoms with van der Waals surface area (Å²) in [6.45, 7) is 2.64. The van der Waals surface area contributed by atoms with E-state index in [1.807, 2.05) is 11.8 Å². The Morgan fingerprint density at radius 1 is 1.00 bits per heavy atom. The van der Waals surface area contributed by atoms with Gasteiger partial charge in [-0.25, -0.2) is 16.8 Å². The molecular weight excluding hydrogens is 328 g/mol. The summed E-state index contributed by atoms with van der Waals surface area (Å²) in [5, 5.41) is 0. The lowest BCUT2D eigenvalue weighted by atomic mass is 10.2. The van der Waals surface area contributed by atoms with Crippen LogP contribution in [0.5, 0.6) is 0 Å². The molecule has 7 nitrogen and oxygen atoms in total. The SMILES string of the molecule is CCN(CC(=O)N(C)C1CCS(=O)(=O)C1)C1CCS(=O)(=O)C1. The molecule has 22 heavy (non-hydrogen) atoms. The summed E-state index contributed by atoms with van der Waals surface area (Å²) in [5.41, 5.74) is 0. The number of rotatable bonds is 5. The van der Waals surface area contributed by atoms with Crippen LogP contribution in [0.25, 0.3) is 0 Å². The second-order valence-electron chi connectivity index (χ2n) is 6.18. The van der Waals surface area contributed by atoms with Crippen LogP contribution in [-0.2, 0) is 24.5 Å². The number of nitrogens with zero attached hydrogens (tertiary/aromatic N) is 2. The van der Waals surface area contributed by atoms with Crippen LogP contribution in [-0.4, -0.2) is 87.8 Å². The lowest BCUT2D eigenvalue weighted by molar-refractivity contribution is -0.133. The van der Waals surface area contributed by atoms with Gasteiger partial charge in [-0.2, -0.15) is 0 Å². The van der Waals surface area contributed by atoms with Crippen molar-refractivity contribution in [3.05, 3.63) is 0 Å². The van der Waals surface area contributed by atoms with Gasteiger partial charge < -0.3 is 4.90 Å². The fourth-order valence-corrected chi connectivity index (χ4v) is 6.67. The maximum Gasteiger partial charge on any atom is 0.236 e. The summed E-state index contributed by atoms with van der Waals surface area (Å²) >= 11 is 0. The van der Waals surface area contributed by atoms with Gasteiger partial charge in [0.1, 0.15) is 0 Å². The molecule has 2 rings (SSSR count). The Labute approximate surface area is 132 Å². The molecule has 2 unspecified atom stereocenters. The maximum absolute atomic E-state index is 12.4. The minimum atomic E-state index is -3.03. The number of sulfone groups is 2. The molecule has 0 N–H and O–H groups in total. The Bertz CT molecular complexity index is 629. The van der Waals surface area contributed by atoms with Gasteiger partial charge in [0.15, 0.2) is 19.7 Å². The van der Waals surface area contributed by atoms with E-state index in [-0.39, 0.29) is 47.5 Å². The van der Waals surface area contributed by atoms with Crippen LogP contribution >= 0.6 is 0 Å². The quantitative estimate of drug-likeness (QED) is 0.639. The number of amides is 1. The van der Waals surface area contributed by atoms with Crippen molar-refractivity contribution >= 4 is 25.6 Å². The molecule has 0 radical (unpaired) electrons. The van der Waals surface area contributed by atoms with Crippen LogP contribution < -0.4 is 0 Å². The molecule has 0 saturated carbocycles. The minimum absolute atomic E-state index is 0.0270. The topological polar surface area (TPSA) is 91.8 Å². The van der Waals surface area contributed by atoms with E-state index in [1.54, 1.807) is 7.05 Å². The van der Waals surface area contributed by atoms with Crippen molar-refractivity contribution in [2.24, 2.45) is 0 Å².